The van der Waals surface area contributed by atoms with Crippen LogP contribution in [-0.2, 0) is 23.7 Å². The lowest BCUT2D eigenvalue weighted by molar-refractivity contribution is -0.439. The van der Waals surface area contributed by atoms with Gasteiger partial charge in [-0.25, -0.2) is 0 Å². The first-order chi connectivity index (χ1) is 17.0. The van der Waals surface area contributed by atoms with Crippen LogP contribution in [0.3, 0.4) is 0 Å². The van der Waals surface area contributed by atoms with E-state index < -0.39 is 111 Å². The summed E-state index contributed by atoms with van der Waals surface area (Å²) in [6, 6.07) is -2.50. The molecule has 3 aliphatic heterocycles. The molecule has 0 radical (unpaired) electrons. The summed E-state index contributed by atoms with van der Waals surface area (Å²) in [6.07, 6.45) is -17.7. The number of aliphatic hydroxyl groups excluding tert-OH is 8. The van der Waals surface area contributed by atoms with Crippen LogP contribution in [0.4, 0.5) is 0 Å². The van der Waals surface area contributed by atoms with E-state index in [1.807, 2.05) is 0 Å². The summed E-state index contributed by atoms with van der Waals surface area (Å²) >= 11 is 0. The van der Waals surface area contributed by atoms with Crippen LogP contribution < -0.4 is 16.8 Å². The predicted molar refractivity (Wildman–Crippen MR) is 115 cm³/mol. The molecule has 4 rings (SSSR count). The van der Waals surface area contributed by atoms with Crippen LogP contribution in [-0.4, -0.2) is 159 Å². The molecule has 10 unspecified atom stereocenters. The molecule has 0 aromatic rings. The quantitative estimate of drug-likeness (QED) is 0.153. The highest BCUT2D eigenvalue weighted by Gasteiger charge is 2.67. The Hall–Kier alpha value is -0.640. The Kier molecular flexibility index (Phi) is 8.55. The van der Waals surface area contributed by atoms with Gasteiger partial charge >= 0.3 is 5.97 Å². The van der Waals surface area contributed by atoms with E-state index in [0.29, 0.717) is 0 Å². The maximum atomic E-state index is 10.7. The average Bonchev–Trinajstić information content (AvgIpc) is 3.27. The van der Waals surface area contributed by atoms with Crippen molar-refractivity contribution in [2.45, 2.75) is 104 Å². The fourth-order valence-electron chi connectivity index (χ4n) is 5.23. The van der Waals surface area contributed by atoms with Crippen molar-refractivity contribution in [2.75, 3.05) is 20.3 Å². The Morgan fingerprint density at radius 2 is 1.61 bits per heavy atom. The van der Waals surface area contributed by atoms with Gasteiger partial charge in [-0.2, -0.15) is 0 Å². The molecular weight excluding hydrogens is 490 g/mol. The molecular formula is C20H37N3O13. The normalized spacial score (nSPS) is 54.4. The van der Waals surface area contributed by atoms with Crippen molar-refractivity contribution in [3.63, 3.8) is 0 Å². The lowest BCUT2D eigenvalue weighted by Crippen LogP contribution is -2.69. The van der Waals surface area contributed by atoms with Crippen molar-refractivity contribution in [2.24, 2.45) is 11.5 Å². The Balaban J connectivity index is 1.62. The summed E-state index contributed by atoms with van der Waals surface area (Å²) in [6.45, 7) is -1.33. The Bertz CT molecular complexity index is 756. The van der Waals surface area contributed by atoms with E-state index in [-0.39, 0.29) is 6.42 Å². The third-order valence-electron chi connectivity index (χ3n) is 7.42. The van der Waals surface area contributed by atoms with E-state index in [4.69, 9.17) is 35.2 Å². The van der Waals surface area contributed by atoms with Gasteiger partial charge in [-0.1, -0.05) is 0 Å². The smallest absolute Gasteiger partial charge is 0.314 e. The number of hydrogen-bond donors (Lipinski definition) is 11. The van der Waals surface area contributed by atoms with Crippen LogP contribution in [0.1, 0.15) is 6.42 Å². The summed E-state index contributed by atoms with van der Waals surface area (Å²) < 4.78 is 28.7. The second kappa shape index (κ2) is 10.9. The third-order valence-corrected chi connectivity index (χ3v) is 7.42. The van der Waals surface area contributed by atoms with Crippen molar-refractivity contribution in [1.82, 2.24) is 5.32 Å². The Labute approximate surface area is 206 Å². The van der Waals surface area contributed by atoms with Gasteiger partial charge in [0.05, 0.1) is 31.5 Å². The maximum Gasteiger partial charge on any atom is 0.314 e. The summed E-state index contributed by atoms with van der Waals surface area (Å²) in [5, 5.41) is 85.6. The number of nitrogens with two attached hydrogens (primary N) is 2. The highest BCUT2D eigenvalue weighted by Crippen LogP contribution is 2.45. The highest BCUT2D eigenvalue weighted by molar-refractivity contribution is 5.05. The molecule has 3 heterocycles. The van der Waals surface area contributed by atoms with E-state index in [2.05, 4.69) is 5.32 Å². The fraction of sp³-hybridized carbons (Fsp3) is 1.00. The Morgan fingerprint density at radius 3 is 2.22 bits per heavy atom. The van der Waals surface area contributed by atoms with Crippen molar-refractivity contribution in [3.8, 4) is 0 Å². The van der Waals surface area contributed by atoms with Gasteiger partial charge < -0.3 is 81.3 Å². The first-order valence-corrected chi connectivity index (χ1v) is 11.8. The minimum atomic E-state index is -2.48. The number of ether oxygens (including phenoxy) is 5. The number of fused-ring (bicyclic) bond motifs is 1. The zero-order valence-corrected chi connectivity index (χ0v) is 19.6. The van der Waals surface area contributed by atoms with Gasteiger partial charge in [-0.15, -0.1) is 0 Å². The van der Waals surface area contributed by atoms with Gasteiger partial charge in [-0.3, -0.25) is 0 Å². The second-order valence-corrected chi connectivity index (χ2v) is 9.72. The number of aliphatic hydroxyl groups is 8. The van der Waals surface area contributed by atoms with Gasteiger partial charge in [0, 0.05) is 12.1 Å². The lowest BCUT2D eigenvalue weighted by atomic mass is 9.84. The van der Waals surface area contributed by atoms with Crippen molar-refractivity contribution in [1.29, 1.82) is 0 Å². The van der Waals surface area contributed by atoms with E-state index in [0.717, 1.165) is 0 Å². The van der Waals surface area contributed by atoms with Gasteiger partial charge in [0.25, 0.3) is 0 Å². The molecule has 0 aromatic carbocycles. The van der Waals surface area contributed by atoms with E-state index in [9.17, 15) is 40.9 Å². The monoisotopic (exact) mass is 527 g/mol. The molecule has 16 heteroatoms. The minimum Gasteiger partial charge on any atom is -0.395 e. The standard InChI is InChI=1S/C20H37N3O13/c1-23-7-2-5(21)9(26)15(10(7)27)33-19-17-16(11(28)8(4-25)32-19)35-20(36-17)18(31)13(30)12(29)14(34-20)6(22)3-24/h5-19,23-31H,2-4,21-22H2,1H3/t5?,6-,7?,8?,9?,10-,11-,12+,13?,14?,15?,16?,17?,18-,19-,20?/m0/s1. The average molecular weight is 528 g/mol. The summed E-state index contributed by atoms with van der Waals surface area (Å²) in [4.78, 5) is 0. The number of rotatable bonds is 6. The highest BCUT2D eigenvalue weighted by atomic mass is 16.9. The molecule has 1 spiro atoms. The minimum absolute atomic E-state index is 0.254. The maximum absolute atomic E-state index is 10.7. The summed E-state index contributed by atoms with van der Waals surface area (Å²) in [5.74, 6) is -2.48. The topological polar surface area (TPSA) is 272 Å². The van der Waals surface area contributed by atoms with Crippen LogP contribution in [0.25, 0.3) is 0 Å². The fourth-order valence-corrected chi connectivity index (χ4v) is 5.23. The van der Waals surface area contributed by atoms with E-state index in [1.165, 1.54) is 0 Å². The Morgan fingerprint density at radius 1 is 0.944 bits per heavy atom. The molecule has 210 valence electrons. The molecule has 1 aliphatic carbocycles. The first-order valence-electron chi connectivity index (χ1n) is 11.8. The zero-order chi connectivity index (χ0) is 26.5. The van der Waals surface area contributed by atoms with Crippen LogP contribution in [0, 0.1) is 0 Å². The number of nitrogens with one attached hydrogen (secondary N) is 1. The van der Waals surface area contributed by atoms with Crippen molar-refractivity contribution >= 4 is 0 Å². The lowest BCUT2D eigenvalue weighted by Gasteiger charge is -2.46. The molecule has 16 nitrogen and oxygen atoms in total. The third kappa shape index (κ3) is 4.68. The molecule has 16 atom stereocenters. The summed E-state index contributed by atoms with van der Waals surface area (Å²) in [7, 11) is 1.60. The van der Waals surface area contributed by atoms with Crippen LogP contribution in [0.15, 0.2) is 0 Å². The van der Waals surface area contributed by atoms with E-state index in [1.54, 1.807) is 7.05 Å². The van der Waals surface area contributed by atoms with Gasteiger partial charge in [0.15, 0.2) is 12.4 Å². The summed E-state index contributed by atoms with van der Waals surface area (Å²) in [5.41, 5.74) is 11.8. The van der Waals surface area contributed by atoms with Crippen molar-refractivity contribution < 1.29 is 64.5 Å². The van der Waals surface area contributed by atoms with Crippen LogP contribution in [0.2, 0.25) is 0 Å². The van der Waals surface area contributed by atoms with Crippen LogP contribution >= 0.6 is 0 Å². The number of hydrogen-bond acceptors (Lipinski definition) is 16. The van der Waals surface area contributed by atoms with Gasteiger partial charge in [-0.05, 0) is 13.5 Å². The molecule has 0 amide bonds. The molecule has 4 aliphatic rings. The molecule has 0 aromatic heterocycles. The van der Waals surface area contributed by atoms with Gasteiger partial charge in [0.2, 0.25) is 0 Å². The molecule has 3 saturated heterocycles. The predicted octanol–water partition coefficient (Wildman–Crippen LogP) is -7.27. The molecule has 1 saturated carbocycles. The molecule has 36 heavy (non-hydrogen) atoms. The first kappa shape index (κ1) is 28.4. The molecule has 0 bridgehead atoms. The molecule has 4 fully saturated rings. The second-order valence-electron chi connectivity index (χ2n) is 9.72. The van der Waals surface area contributed by atoms with Gasteiger partial charge in [0.1, 0.15) is 48.8 Å². The molecule has 13 N–H and O–H groups in total. The largest absolute Gasteiger partial charge is 0.395 e. The SMILES string of the molecule is CNC1CC(N)C(O)C(O[C@@H]2OC(CO)[C@H](O)C3OC4(OC32)OC([C@@H](N)CO)[C@H](O)C(O)[C@@H]4O)[C@H]1O. The van der Waals surface area contributed by atoms with Crippen LogP contribution in [0.5, 0.6) is 0 Å². The van der Waals surface area contributed by atoms with Crippen molar-refractivity contribution in [3.05, 3.63) is 0 Å². The van der Waals surface area contributed by atoms with E-state index >= 15 is 0 Å². The zero-order valence-electron chi connectivity index (χ0n) is 19.6. The number of likely N-dealkylation sites (N-methyl/N-ethyl adjacent to an activating group) is 1.